The number of hydrogen-bond acceptors (Lipinski definition) is 1. The fraction of sp³-hybridized carbons (Fsp3) is 0.200. The van der Waals surface area contributed by atoms with E-state index in [1.165, 1.54) is 16.7 Å². The van der Waals surface area contributed by atoms with Gasteiger partial charge in [0.2, 0.25) is 0 Å². The molecule has 0 saturated heterocycles. The second-order valence-corrected chi connectivity index (χ2v) is 4.00. The zero-order chi connectivity index (χ0) is 11.4. The summed E-state index contributed by atoms with van der Waals surface area (Å²) < 4.78 is 0. The topological polar surface area (TPSA) is 26.0 Å². The molecule has 0 fully saturated rings. The molecule has 0 aromatic heterocycles. The van der Waals surface area contributed by atoms with Crippen molar-refractivity contribution in [3.63, 3.8) is 0 Å². The minimum absolute atomic E-state index is 0.157. The predicted octanol–water partition coefficient (Wildman–Crippen LogP) is 3.76. The maximum Gasteiger partial charge on any atom is 0.0292 e. The van der Waals surface area contributed by atoms with Gasteiger partial charge in [-0.1, -0.05) is 61.5 Å². The molecule has 0 amide bonds. The van der Waals surface area contributed by atoms with Crippen LogP contribution >= 0.6 is 0 Å². The van der Waals surface area contributed by atoms with E-state index in [0.29, 0.717) is 0 Å². The largest absolute Gasteiger partial charge is 0.324 e. The van der Waals surface area contributed by atoms with Crippen molar-refractivity contribution in [3.8, 4) is 11.1 Å². The van der Waals surface area contributed by atoms with E-state index in [0.717, 1.165) is 6.42 Å². The first-order chi connectivity index (χ1) is 7.81. The summed E-state index contributed by atoms with van der Waals surface area (Å²) >= 11 is 0. The van der Waals surface area contributed by atoms with Crippen LogP contribution in [0.4, 0.5) is 0 Å². The van der Waals surface area contributed by atoms with E-state index in [4.69, 9.17) is 5.73 Å². The fourth-order valence-corrected chi connectivity index (χ4v) is 1.79. The average Bonchev–Trinajstić information content (AvgIpc) is 2.39. The van der Waals surface area contributed by atoms with Crippen molar-refractivity contribution in [2.24, 2.45) is 5.73 Å². The van der Waals surface area contributed by atoms with Crippen molar-refractivity contribution in [2.75, 3.05) is 0 Å². The van der Waals surface area contributed by atoms with Crippen LogP contribution in [0.2, 0.25) is 0 Å². The third-order valence-electron chi connectivity index (χ3n) is 2.89. The lowest BCUT2D eigenvalue weighted by Gasteiger charge is -2.09. The molecule has 0 unspecified atom stereocenters. The first-order valence-electron chi connectivity index (χ1n) is 5.72. The van der Waals surface area contributed by atoms with Crippen LogP contribution < -0.4 is 5.73 Å². The van der Waals surface area contributed by atoms with E-state index in [9.17, 15) is 0 Å². The summed E-state index contributed by atoms with van der Waals surface area (Å²) in [5.74, 6) is 0. The summed E-state index contributed by atoms with van der Waals surface area (Å²) in [6.07, 6.45) is 0.977. The van der Waals surface area contributed by atoms with Crippen LogP contribution in [0.5, 0.6) is 0 Å². The molecule has 0 heterocycles. The second-order valence-electron chi connectivity index (χ2n) is 4.00. The molecule has 0 radical (unpaired) electrons. The van der Waals surface area contributed by atoms with Gasteiger partial charge in [0.25, 0.3) is 0 Å². The summed E-state index contributed by atoms with van der Waals surface area (Å²) in [7, 11) is 0. The number of rotatable bonds is 3. The molecule has 2 N–H and O–H groups in total. The normalized spacial score (nSPS) is 12.4. The molecule has 2 aromatic rings. The molecule has 0 bridgehead atoms. The Morgan fingerprint density at radius 3 is 2.00 bits per heavy atom. The van der Waals surface area contributed by atoms with Crippen LogP contribution in [0.25, 0.3) is 11.1 Å². The molecule has 82 valence electrons. The van der Waals surface area contributed by atoms with Crippen LogP contribution in [-0.2, 0) is 0 Å². The lowest BCUT2D eigenvalue weighted by Crippen LogP contribution is -2.07. The highest BCUT2D eigenvalue weighted by molar-refractivity contribution is 5.63. The zero-order valence-corrected chi connectivity index (χ0v) is 9.56. The van der Waals surface area contributed by atoms with Crippen molar-refractivity contribution in [3.05, 3.63) is 60.2 Å². The van der Waals surface area contributed by atoms with Gasteiger partial charge in [-0.3, -0.25) is 0 Å². The maximum absolute atomic E-state index is 5.98. The lowest BCUT2D eigenvalue weighted by molar-refractivity contribution is 0.699. The van der Waals surface area contributed by atoms with Gasteiger partial charge >= 0.3 is 0 Å². The smallest absolute Gasteiger partial charge is 0.0292 e. The number of hydrogen-bond donors (Lipinski definition) is 1. The Kier molecular flexibility index (Phi) is 3.37. The Morgan fingerprint density at radius 1 is 0.875 bits per heavy atom. The van der Waals surface area contributed by atoms with E-state index in [1.807, 2.05) is 6.07 Å². The van der Waals surface area contributed by atoms with E-state index in [-0.39, 0.29) is 6.04 Å². The van der Waals surface area contributed by atoms with Gasteiger partial charge in [-0.25, -0.2) is 0 Å². The van der Waals surface area contributed by atoms with E-state index < -0.39 is 0 Å². The fourth-order valence-electron chi connectivity index (χ4n) is 1.79. The first-order valence-corrected chi connectivity index (χ1v) is 5.72. The van der Waals surface area contributed by atoms with Crippen LogP contribution in [0.1, 0.15) is 24.9 Å². The SMILES string of the molecule is CC[C@H](N)c1ccc(-c2ccccc2)cc1. The van der Waals surface area contributed by atoms with Crippen molar-refractivity contribution >= 4 is 0 Å². The Bertz CT molecular complexity index is 431. The third kappa shape index (κ3) is 2.31. The Hall–Kier alpha value is -1.60. The third-order valence-corrected chi connectivity index (χ3v) is 2.89. The highest BCUT2D eigenvalue weighted by Crippen LogP contribution is 2.21. The Balaban J connectivity index is 2.26. The van der Waals surface area contributed by atoms with Crippen molar-refractivity contribution < 1.29 is 0 Å². The second kappa shape index (κ2) is 4.95. The molecule has 16 heavy (non-hydrogen) atoms. The quantitative estimate of drug-likeness (QED) is 0.821. The molecule has 1 nitrogen and oxygen atoms in total. The van der Waals surface area contributed by atoms with E-state index >= 15 is 0 Å². The molecule has 0 spiro atoms. The van der Waals surface area contributed by atoms with Gasteiger partial charge in [0.15, 0.2) is 0 Å². The molecule has 2 aromatic carbocycles. The standard InChI is InChI=1S/C15H17N/c1-2-15(16)14-10-8-13(9-11-14)12-6-4-3-5-7-12/h3-11,15H,2,16H2,1H3/t15-/m0/s1. The predicted molar refractivity (Wildman–Crippen MR) is 69.1 cm³/mol. The molecule has 2 rings (SSSR count). The van der Waals surface area contributed by atoms with Gasteiger partial charge in [-0.2, -0.15) is 0 Å². The van der Waals surface area contributed by atoms with Gasteiger partial charge in [0.05, 0.1) is 0 Å². The molecule has 0 aliphatic carbocycles. The maximum atomic E-state index is 5.98. The van der Waals surface area contributed by atoms with E-state index in [1.54, 1.807) is 0 Å². The van der Waals surface area contributed by atoms with Crippen LogP contribution in [0.15, 0.2) is 54.6 Å². The van der Waals surface area contributed by atoms with Gasteiger partial charge in [-0.15, -0.1) is 0 Å². The van der Waals surface area contributed by atoms with E-state index in [2.05, 4.69) is 55.5 Å². The van der Waals surface area contributed by atoms with Crippen molar-refractivity contribution in [2.45, 2.75) is 19.4 Å². The molecular formula is C15H17N. The highest BCUT2D eigenvalue weighted by atomic mass is 14.6. The van der Waals surface area contributed by atoms with Gasteiger partial charge in [0.1, 0.15) is 0 Å². The molecule has 0 aliphatic rings. The molecule has 0 aliphatic heterocycles. The highest BCUT2D eigenvalue weighted by Gasteiger charge is 2.03. The van der Waals surface area contributed by atoms with Crippen LogP contribution in [-0.4, -0.2) is 0 Å². The minimum atomic E-state index is 0.157. The summed E-state index contributed by atoms with van der Waals surface area (Å²) in [5, 5.41) is 0. The Morgan fingerprint density at radius 2 is 1.44 bits per heavy atom. The zero-order valence-electron chi connectivity index (χ0n) is 9.56. The first kappa shape index (κ1) is 10.9. The van der Waals surface area contributed by atoms with Gasteiger partial charge in [-0.05, 0) is 23.1 Å². The van der Waals surface area contributed by atoms with Gasteiger partial charge < -0.3 is 5.73 Å². The monoisotopic (exact) mass is 211 g/mol. The average molecular weight is 211 g/mol. The van der Waals surface area contributed by atoms with Crippen molar-refractivity contribution in [1.82, 2.24) is 0 Å². The molecule has 1 atom stereocenters. The summed E-state index contributed by atoms with van der Waals surface area (Å²) in [6.45, 7) is 2.11. The van der Waals surface area contributed by atoms with Crippen LogP contribution in [0, 0.1) is 0 Å². The lowest BCUT2D eigenvalue weighted by atomic mass is 10.0. The van der Waals surface area contributed by atoms with Crippen LogP contribution in [0.3, 0.4) is 0 Å². The summed E-state index contributed by atoms with van der Waals surface area (Å²) in [4.78, 5) is 0. The molecule has 1 heteroatoms. The minimum Gasteiger partial charge on any atom is -0.324 e. The van der Waals surface area contributed by atoms with Crippen molar-refractivity contribution in [1.29, 1.82) is 0 Å². The number of benzene rings is 2. The number of nitrogens with two attached hydrogens (primary N) is 1. The summed E-state index contributed by atoms with van der Waals surface area (Å²) in [5.41, 5.74) is 9.69. The van der Waals surface area contributed by atoms with Gasteiger partial charge in [0, 0.05) is 6.04 Å². The summed E-state index contributed by atoms with van der Waals surface area (Å²) in [6, 6.07) is 19.1. The molecule has 0 saturated carbocycles. The Labute approximate surface area is 96.9 Å². The molecular weight excluding hydrogens is 194 g/mol.